The van der Waals surface area contributed by atoms with E-state index in [-0.39, 0.29) is 23.6 Å². The van der Waals surface area contributed by atoms with Gasteiger partial charge in [-0.05, 0) is 46.1 Å². The Kier molecular flexibility index (Phi) is 6.68. The van der Waals surface area contributed by atoms with Gasteiger partial charge in [0, 0.05) is 24.6 Å². The topological polar surface area (TPSA) is 79.6 Å². The van der Waals surface area contributed by atoms with Gasteiger partial charge in [-0.1, -0.05) is 13.3 Å². The van der Waals surface area contributed by atoms with Crippen molar-refractivity contribution in [3.05, 3.63) is 23.2 Å². The van der Waals surface area contributed by atoms with Gasteiger partial charge in [0.05, 0.1) is 11.8 Å². The van der Waals surface area contributed by atoms with E-state index in [2.05, 4.69) is 5.32 Å². The largest absolute Gasteiger partial charge is 0.466 e. The fourth-order valence-corrected chi connectivity index (χ4v) is 5.02. The third-order valence-corrected chi connectivity index (χ3v) is 6.84. The molecule has 1 atom stereocenters. The average Bonchev–Trinajstić information content (AvgIpc) is 2.91. The number of carbonyl (C=O) groups excluding carboxylic acids is 1. The average molecular weight is 371 g/mol. The minimum absolute atomic E-state index is 0.00337. The molecular weight excluding hydrogens is 340 g/mol. The van der Waals surface area contributed by atoms with Crippen LogP contribution in [0.1, 0.15) is 62.7 Å². The van der Waals surface area contributed by atoms with Crippen molar-refractivity contribution in [2.24, 2.45) is 5.92 Å². The molecule has 1 fully saturated rings. The molecule has 1 N–H and O–H groups in total. The molecule has 0 aliphatic carbocycles. The highest BCUT2D eigenvalue weighted by atomic mass is 32.2. The predicted molar refractivity (Wildman–Crippen MR) is 97.7 cm³/mol. The summed E-state index contributed by atoms with van der Waals surface area (Å²) in [4.78, 5) is 12.5. The highest BCUT2D eigenvalue weighted by Gasteiger charge is 2.31. The Morgan fingerprint density at radius 1 is 1.36 bits per heavy atom. The van der Waals surface area contributed by atoms with E-state index in [0.29, 0.717) is 32.4 Å². The summed E-state index contributed by atoms with van der Waals surface area (Å²) in [5.74, 6) is 1.72. The van der Waals surface area contributed by atoms with Crippen LogP contribution in [0.15, 0.2) is 10.5 Å². The van der Waals surface area contributed by atoms with Gasteiger partial charge in [-0.15, -0.1) is 0 Å². The number of nitrogens with one attached hydrogen (secondary N) is 1. The molecule has 1 amide bonds. The lowest BCUT2D eigenvalue weighted by Crippen LogP contribution is -2.44. The van der Waals surface area contributed by atoms with Gasteiger partial charge in [-0.2, -0.15) is 0 Å². The molecule has 0 saturated carbocycles. The molecule has 1 aliphatic heterocycles. The molecule has 1 aliphatic rings. The molecule has 2 heterocycles. The Morgan fingerprint density at radius 3 is 2.52 bits per heavy atom. The molecule has 1 saturated heterocycles. The first-order valence-electron chi connectivity index (χ1n) is 9.09. The van der Waals surface area contributed by atoms with Gasteiger partial charge < -0.3 is 9.73 Å². The molecule has 2 rings (SSSR count). The number of rotatable bonds is 7. The van der Waals surface area contributed by atoms with Crippen LogP contribution in [0.4, 0.5) is 0 Å². The highest BCUT2D eigenvalue weighted by molar-refractivity contribution is 7.89. The molecule has 0 radical (unpaired) electrons. The highest BCUT2D eigenvalue weighted by Crippen LogP contribution is 2.24. The van der Waals surface area contributed by atoms with Crippen LogP contribution in [0.3, 0.4) is 0 Å². The van der Waals surface area contributed by atoms with E-state index >= 15 is 0 Å². The third-order valence-electron chi connectivity index (χ3n) is 4.88. The van der Waals surface area contributed by atoms with Crippen molar-refractivity contribution in [1.82, 2.24) is 9.62 Å². The fourth-order valence-electron chi connectivity index (χ4n) is 3.34. The first kappa shape index (κ1) is 20.0. The van der Waals surface area contributed by atoms with Gasteiger partial charge in [-0.25, -0.2) is 12.7 Å². The van der Waals surface area contributed by atoms with Crippen LogP contribution >= 0.6 is 0 Å². The van der Waals surface area contributed by atoms with Crippen LogP contribution in [0.5, 0.6) is 0 Å². The maximum Gasteiger partial charge on any atom is 0.223 e. The number of furan rings is 1. The number of hydrogen-bond acceptors (Lipinski definition) is 4. The van der Waals surface area contributed by atoms with Crippen molar-refractivity contribution >= 4 is 15.9 Å². The van der Waals surface area contributed by atoms with E-state index in [9.17, 15) is 13.2 Å². The van der Waals surface area contributed by atoms with Crippen molar-refractivity contribution < 1.29 is 17.6 Å². The standard InChI is InChI=1S/C18H30N2O4S/c1-5-6-11-25(22,23)20-9-7-16(8-10-20)18(21)19-14(3)17-12-13(2)24-15(17)4/h12,14,16H,5-11H2,1-4H3,(H,19,21). The van der Waals surface area contributed by atoms with Crippen LogP contribution in [0.25, 0.3) is 0 Å². The maximum absolute atomic E-state index is 12.5. The Hall–Kier alpha value is -1.34. The number of hydrogen-bond donors (Lipinski definition) is 1. The van der Waals surface area contributed by atoms with Gasteiger partial charge in [0.15, 0.2) is 0 Å². The molecule has 7 heteroatoms. The third kappa shape index (κ3) is 5.07. The van der Waals surface area contributed by atoms with Gasteiger partial charge in [0.2, 0.25) is 15.9 Å². The van der Waals surface area contributed by atoms with Crippen molar-refractivity contribution in [3.63, 3.8) is 0 Å². The number of amides is 1. The van der Waals surface area contributed by atoms with Crippen molar-refractivity contribution in [2.75, 3.05) is 18.8 Å². The minimum Gasteiger partial charge on any atom is -0.466 e. The number of aryl methyl sites for hydroxylation is 2. The van der Waals surface area contributed by atoms with E-state index in [1.165, 1.54) is 0 Å². The molecule has 0 spiro atoms. The number of sulfonamides is 1. The second kappa shape index (κ2) is 8.36. The van der Waals surface area contributed by atoms with Crippen LogP contribution in [0, 0.1) is 19.8 Å². The summed E-state index contributed by atoms with van der Waals surface area (Å²) in [6.07, 6.45) is 2.70. The molecule has 25 heavy (non-hydrogen) atoms. The summed E-state index contributed by atoms with van der Waals surface area (Å²) >= 11 is 0. The number of carbonyl (C=O) groups is 1. The van der Waals surface area contributed by atoms with Crippen LogP contribution in [-0.2, 0) is 14.8 Å². The molecule has 6 nitrogen and oxygen atoms in total. The van der Waals surface area contributed by atoms with Crippen molar-refractivity contribution in [1.29, 1.82) is 0 Å². The Balaban J connectivity index is 1.88. The summed E-state index contributed by atoms with van der Waals surface area (Å²) in [7, 11) is -3.17. The van der Waals surface area contributed by atoms with E-state index in [4.69, 9.17) is 4.42 Å². The summed E-state index contributed by atoms with van der Waals surface area (Å²) in [5.41, 5.74) is 0.991. The lowest BCUT2D eigenvalue weighted by atomic mass is 9.96. The second-order valence-electron chi connectivity index (χ2n) is 6.94. The smallest absolute Gasteiger partial charge is 0.223 e. The lowest BCUT2D eigenvalue weighted by Gasteiger charge is -2.31. The van der Waals surface area contributed by atoms with E-state index in [1.807, 2.05) is 33.8 Å². The summed E-state index contributed by atoms with van der Waals surface area (Å²) < 4.78 is 31.5. The zero-order chi connectivity index (χ0) is 18.6. The quantitative estimate of drug-likeness (QED) is 0.800. The van der Waals surface area contributed by atoms with Crippen LogP contribution in [0.2, 0.25) is 0 Å². The predicted octanol–water partition coefficient (Wildman–Crippen LogP) is 2.92. The van der Waals surface area contributed by atoms with E-state index in [1.54, 1.807) is 4.31 Å². The van der Waals surface area contributed by atoms with E-state index in [0.717, 1.165) is 23.5 Å². The summed E-state index contributed by atoms with van der Waals surface area (Å²) in [6.45, 7) is 8.57. The van der Waals surface area contributed by atoms with Crippen molar-refractivity contribution in [3.8, 4) is 0 Å². The van der Waals surface area contributed by atoms with Gasteiger partial charge in [0.25, 0.3) is 0 Å². The number of nitrogens with zero attached hydrogens (tertiary/aromatic N) is 1. The Morgan fingerprint density at radius 2 is 2.00 bits per heavy atom. The Bertz CT molecular complexity index is 688. The fraction of sp³-hybridized carbons (Fsp3) is 0.722. The zero-order valence-electron chi connectivity index (χ0n) is 15.7. The van der Waals surface area contributed by atoms with Gasteiger partial charge in [0.1, 0.15) is 11.5 Å². The van der Waals surface area contributed by atoms with Crippen molar-refractivity contribution in [2.45, 2.75) is 59.4 Å². The first-order chi connectivity index (χ1) is 11.7. The molecule has 1 aromatic rings. The van der Waals surface area contributed by atoms with Crippen LogP contribution < -0.4 is 5.32 Å². The summed E-state index contributed by atoms with van der Waals surface area (Å²) in [5, 5.41) is 3.04. The number of unbranched alkanes of at least 4 members (excludes halogenated alkanes) is 1. The SMILES string of the molecule is CCCCS(=O)(=O)N1CCC(C(=O)NC(C)c2cc(C)oc2C)CC1. The van der Waals surface area contributed by atoms with Crippen LogP contribution in [-0.4, -0.2) is 37.5 Å². The summed E-state index contributed by atoms with van der Waals surface area (Å²) in [6, 6.07) is 1.83. The Labute approximate surface area is 151 Å². The normalized spacial score (nSPS) is 18.2. The van der Waals surface area contributed by atoms with E-state index < -0.39 is 10.0 Å². The maximum atomic E-state index is 12.5. The molecule has 0 aromatic carbocycles. The monoisotopic (exact) mass is 370 g/mol. The number of piperidine rings is 1. The molecule has 0 bridgehead atoms. The van der Waals surface area contributed by atoms with Gasteiger partial charge in [-0.3, -0.25) is 4.79 Å². The zero-order valence-corrected chi connectivity index (χ0v) is 16.5. The molecule has 1 aromatic heterocycles. The minimum atomic E-state index is -3.17. The molecular formula is C18H30N2O4S. The molecule has 1 unspecified atom stereocenters. The molecule has 142 valence electrons. The lowest BCUT2D eigenvalue weighted by molar-refractivity contribution is -0.126. The van der Waals surface area contributed by atoms with Gasteiger partial charge >= 0.3 is 0 Å². The first-order valence-corrected chi connectivity index (χ1v) is 10.7. The second-order valence-corrected chi connectivity index (χ2v) is 9.03.